The van der Waals surface area contributed by atoms with E-state index >= 15 is 0 Å². The van der Waals surface area contributed by atoms with E-state index in [1.165, 1.54) is 6.08 Å². The van der Waals surface area contributed by atoms with Gasteiger partial charge in [-0.05, 0) is 75.5 Å². The summed E-state index contributed by atoms with van der Waals surface area (Å²) < 4.78 is 7.19. The molecule has 1 amide bonds. The number of nitrogens with one attached hydrogen (secondary N) is 1. The van der Waals surface area contributed by atoms with Crippen molar-refractivity contribution in [3.8, 4) is 17.9 Å². The molecule has 0 bridgehead atoms. The van der Waals surface area contributed by atoms with Gasteiger partial charge < -0.3 is 10.1 Å². The minimum Gasteiger partial charge on any atom is -0.486 e. The molecule has 0 spiro atoms. The summed E-state index contributed by atoms with van der Waals surface area (Å²) >= 11 is 6.93. The topological polar surface area (TPSA) is 85.9 Å². The Hall–Kier alpha value is -2.61. The maximum atomic E-state index is 12.1. The van der Waals surface area contributed by atoms with Gasteiger partial charge in [0.25, 0.3) is 5.91 Å². The fourth-order valence-corrected chi connectivity index (χ4v) is 3.81. The summed E-state index contributed by atoms with van der Waals surface area (Å²) in [5.41, 5.74) is 2.03. The monoisotopic (exact) mass is 501 g/mol. The van der Waals surface area contributed by atoms with Crippen LogP contribution in [0, 0.1) is 22.7 Å². The second-order valence-corrected chi connectivity index (χ2v) is 7.88. The minimum absolute atomic E-state index is 0.0177. The van der Waals surface area contributed by atoms with Gasteiger partial charge in [-0.25, -0.2) is 0 Å². The lowest BCUT2D eigenvalue weighted by Crippen LogP contribution is -2.30. The van der Waals surface area contributed by atoms with Gasteiger partial charge in [-0.15, -0.1) is 0 Å². The van der Waals surface area contributed by atoms with Crippen LogP contribution in [0.15, 0.2) is 50.9 Å². The summed E-state index contributed by atoms with van der Waals surface area (Å²) in [5, 5.41) is 21.1. The van der Waals surface area contributed by atoms with E-state index in [9.17, 15) is 15.3 Å². The van der Waals surface area contributed by atoms with E-state index in [4.69, 9.17) is 4.74 Å². The maximum absolute atomic E-state index is 12.1. The van der Waals surface area contributed by atoms with Crippen molar-refractivity contribution in [2.24, 2.45) is 0 Å². The standard InChI is InChI=1S/C21H17Br2N3O2/c1-13(2)26-21(27)17(11-25)7-14-8-18(22)20(19(23)9-14)28-12-16-6-4-3-5-15(16)10-24/h3-9,13H,12H2,1-2H3,(H,26,27). The molecule has 0 aliphatic carbocycles. The zero-order valence-corrected chi connectivity index (χ0v) is 18.5. The summed E-state index contributed by atoms with van der Waals surface area (Å²) in [7, 11) is 0. The van der Waals surface area contributed by atoms with Gasteiger partial charge in [0, 0.05) is 11.6 Å². The average Bonchev–Trinajstić information content (AvgIpc) is 2.65. The highest BCUT2D eigenvalue weighted by molar-refractivity contribution is 9.11. The number of rotatable bonds is 6. The molecule has 7 heteroatoms. The molecule has 2 aromatic carbocycles. The lowest BCUT2D eigenvalue weighted by atomic mass is 10.1. The second kappa shape index (κ2) is 10.1. The molecule has 0 heterocycles. The van der Waals surface area contributed by atoms with E-state index in [0.29, 0.717) is 25.8 Å². The Morgan fingerprint density at radius 3 is 2.43 bits per heavy atom. The largest absolute Gasteiger partial charge is 0.486 e. The molecule has 0 saturated carbocycles. The van der Waals surface area contributed by atoms with Gasteiger partial charge in [-0.3, -0.25) is 4.79 Å². The Balaban J connectivity index is 2.25. The van der Waals surface area contributed by atoms with Crippen molar-refractivity contribution in [1.82, 2.24) is 5.32 Å². The van der Waals surface area contributed by atoms with Crippen molar-refractivity contribution in [3.63, 3.8) is 0 Å². The third kappa shape index (κ3) is 5.69. The second-order valence-electron chi connectivity index (χ2n) is 6.17. The third-order valence-electron chi connectivity index (χ3n) is 3.63. The fraction of sp³-hybridized carbons (Fsp3) is 0.190. The molecule has 0 saturated heterocycles. The van der Waals surface area contributed by atoms with Crippen LogP contribution in [0.4, 0.5) is 0 Å². The highest BCUT2D eigenvalue weighted by Gasteiger charge is 2.13. The molecule has 0 fully saturated rings. The number of carbonyl (C=O) groups excluding carboxylic acids is 1. The van der Waals surface area contributed by atoms with Gasteiger partial charge >= 0.3 is 0 Å². The van der Waals surface area contributed by atoms with E-state index in [0.717, 1.165) is 5.56 Å². The van der Waals surface area contributed by atoms with Crippen molar-refractivity contribution >= 4 is 43.8 Å². The Morgan fingerprint density at radius 2 is 1.86 bits per heavy atom. The summed E-state index contributed by atoms with van der Waals surface area (Å²) in [6.07, 6.45) is 1.52. The van der Waals surface area contributed by atoms with Crippen molar-refractivity contribution < 1.29 is 9.53 Å². The van der Waals surface area contributed by atoms with Crippen LogP contribution >= 0.6 is 31.9 Å². The van der Waals surface area contributed by atoms with Crippen molar-refractivity contribution in [2.45, 2.75) is 26.5 Å². The van der Waals surface area contributed by atoms with Crippen molar-refractivity contribution in [1.29, 1.82) is 10.5 Å². The zero-order valence-electron chi connectivity index (χ0n) is 15.3. The average molecular weight is 503 g/mol. The smallest absolute Gasteiger partial charge is 0.262 e. The first-order valence-electron chi connectivity index (χ1n) is 8.38. The SMILES string of the molecule is CC(C)NC(=O)C(C#N)=Cc1cc(Br)c(OCc2ccccc2C#N)c(Br)c1. The molecule has 0 radical (unpaired) electrons. The number of halogens is 2. The van der Waals surface area contributed by atoms with Gasteiger partial charge in [-0.2, -0.15) is 10.5 Å². The highest BCUT2D eigenvalue weighted by atomic mass is 79.9. The molecule has 2 rings (SSSR count). The Bertz CT molecular complexity index is 978. The van der Waals surface area contributed by atoms with Gasteiger partial charge in [0.1, 0.15) is 24.0 Å². The predicted octanol–water partition coefficient (Wildman–Crippen LogP) is 5.09. The van der Waals surface area contributed by atoms with Gasteiger partial charge in [0.05, 0.1) is 20.6 Å². The lowest BCUT2D eigenvalue weighted by molar-refractivity contribution is -0.117. The fourth-order valence-electron chi connectivity index (χ4n) is 2.36. The van der Waals surface area contributed by atoms with Gasteiger partial charge in [-0.1, -0.05) is 18.2 Å². The van der Waals surface area contributed by atoms with Crippen LogP contribution in [0.3, 0.4) is 0 Å². The molecular weight excluding hydrogens is 486 g/mol. The Labute approximate surface area is 180 Å². The van der Waals surface area contributed by atoms with E-state index in [1.54, 1.807) is 24.3 Å². The van der Waals surface area contributed by atoms with E-state index in [2.05, 4.69) is 43.2 Å². The number of nitrogens with zero attached hydrogens (tertiary/aromatic N) is 2. The molecule has 142 valence electrons. The molecule has 2 aromatic rings. The number of nitriles is 2. The Kier molecular flexibility index (Phi) is 7.80. The van der Waals surface area contributed by atoms with E-state index < -0.39 is 5.91 Å². The summed E-state index contributed by atoms with van der Waals surface area (Å²) in [6.45, 7) is 3.89. The maximum Gasteiger partial charge on any atom is 0.262 e. The van der Waals surface area contributed by atoms with Gasteiger partial charge in [0.15, 0.2) is 0 Å². The summed E-state index contributed by atoms with van der Waals surface area (Å²) in [4.78, 5) is 12.1. The molecule has 0 aromatic heterocycles. The Morgan fingerprint density at radius 1 is 1.21 bits per heavy atom. The van der Waals surface area contributed by atoms with E-state index in [1.807, 2.05) is 32.0 Å². The number of hydrogen-bond donors (Lipinski definition) is 1. The number of ether oxygens (including phenoxy) is 1. The predicted molar refractivity (Wildman–Crippen MR) is 114 cm³/mol. The van der Waals surface area contributed by atoms with Gasteiger partial charge in [0.2, 0.25) is 0 Å². The molecule has 28 heavy (non-hydrogen) atoms. The number of benzene rings is 2. The van der Waals surface area contributed by atoms with Crippen LogP contribution in [0.25, 0.3) is 6.08 Å². The number of amides is 1. The van der Waals surface area contributed by atoms with Crippen molar-refractivity contribution in [3.05, 3.63) is 67.6 Å². The molecule has 5 nitrogen and oxygen atoms in total. The first kappa shape index (κ1) is 21.7. The van der Waals surface area contributed by atoms with Crippen LogP contribution in [0.1, 0.15) is 30.5 Å². The first-order chi connectivity index (χ1) is 13.3. The van der Waals surface area contributed by atoms with E-state index in [-0.39, 0.29) is 18.2 Å². The van der Waals surface area contributed by atoms with Crippen LogP contribution in [-0.4, -0.2) is 11.9 Å². The molecule has 1 N–H and O–H groups in total. The summed E-state index contributed by atoms with van der Waals surface area (Å²) in [5.74, 6) is 0.146. The normalized spacial score (nSPS) is 10.9. The minimum atomic E-state index is -0.418. The molecule has 0 unspecified atom stereocenters. The molecule has 0 aliphatic heterocycles. The third-order valence-corrected chi connectivity index (χ3v) is 4.80. The number of carbonyl (C=O) groups is 1. The van der Waals surface area contributed by atoms with Crippen LogP contribution in [0.2, 0.25) is 0 Å². The quantitative estimate of drug-likeness (QED) is 0.440. The van der Waals surface area contributed by atoms with Crippen LogP contribution in [0.5, 0.6) is 5.75 Å². The lowest BCUT2D eigenvalue weighted by Gasteiger charge is -2.12. The number of hydrogen-bond acceptors (Lipinski definition) is 4. The summed E-state index contributed by atoms with van der Waals surface area (Å²) in [6, 6.07) is 14.8. The van der Waals surface area contributed by atoms with Crippen LogP contribution < -0.4 is 10.1 Å². The molecular formula is C21H17Br2N3O2. The van der Waals surface area contributed by atoms with Crippen LogP contribution in [-0.2, 0) is 11.4 Å². The first-order valence-corrected chi connectivity index (χ1v) is 9.96. The molecule has 0 aliphatic rings. The highest BCUT2D eigenvalue weighted by Crippen LogP contribution is 2.36. The van der Waals surface area contributed by atoms with Crippen molar-refractivity contribution in [2.75, 3.05) is 0 Å². The molecule has 0 atom stereocenters. The zero-order chi connectivity index (χ0) is 20.7.